The average Bonchev–Trinajstić information content (AvgIpc) is 3.60. The van der Waals surface area contributed by atoms with Crippen molar-refractivity contribution in [2.45, 2.75) is 50.8 Å². The van der Waals surface area contributed by atoms with Gasteiger partial charge in [-0.25, -0.2) is 9.78 Å². The number of carboxylic acids is 1. The van der Waals surface area contributed by atoms with Gasteiger partial charge in [0.15, 0.2) is 11.5 Å². The molecule has 14 nitrogen and oxygen atoms in total. The second-order valence-electron chi connectivity index (χ2n) is 13.4. The molecule has 53 heavy (non-hydrogen) atoms. The maximum Gasteiger partial charge on any atom is 0.342 e. The number of fused-ring (bicyclic) bond motifs is 1. The predicted octanol–water partition coefficient (Wildman–Crippen LogP) is 5.73. The number of unbranched alkanes of at least 4 members (excludes halogenated alkanes) is 2. The number of nitrogens with one attached hydrogen (secondary N) is 2. The van der Waals surface area contributed by atoms with Gasteiger partial charge in [0.1, 0.15) is 11.4 Å². The summed E-state index contributed by atoms with van der Waals surface area (Å²) in [5.41, 5.74) is 5.34. The number of hydrogen-bond acceptors (Lipinski definition) is 11. The number of aromatic nitrogens is 2. The van der Waals surface area contributed by atoms with Gasteiger partial charge in [0.25, 0.3) is 5.69 Å². The maximum absolute atomic E-state index is 11.4. The summed E-state index contributed by atoms with van der Waals surface area (Å²) in [6.45, 7) is 9.63. The molecule has 2 aromatic carbocycles. The molecule has 3 aliphatic rings. The maximum atomic E-state index is 11.4. The van der Waals surface area contributed by atoms with Crippen LogP contribution in [-0.4, -0.2) is 108 Å². The SMILES string of the molecule is C=NC1=CC(N2CCN(C)CC2)=CCC1NCc1ccc2nc(C3=CCC(OCCCCCOc4cc([N+](=O)[O-])c(C(=O)O)cc4OC)C=C3)[nH]c2c1. The number of methoxy groups -OCH3 is 1. The predicted molar refractivity (Wildman–Crippen MR) is 204 cm³/mol. The Morgan fingerprint density at radius 2 is 1.92 bits per heavy atom. The molecule has 3 N–H and O–H groups in total. The number of aliphatic imine (C=N–C) groups is 1. The molecule has 1 saturated heterocycles. The minimum Gasteiger partial charge on any atom is -0.493 e. The first-order valence-electron chi connectivity index (χ1n) is 18.0. The number of carboxylic acid groups (broad SMARTS) is 1. The van der Waals surface area contributed by atoms with E-state index in [9.17, 15) is 20.0 Å². The molecule has 1 fully saturated rings. The molecular weight excluding hydrogens is 678 g/mol. The van der Waals surface area contributed by atoms with Crippen LogP contribution in [0.1, 0.15) is 53.8 Å². The molecule has 14 heteroatoms. The quantitative estimate of drug-likeness (QED) is 0.0673. The molecule has 280 valence electrons. The van der Waals surface area contributed by atoms with Crippen LogP contribution in [0.3, 0.4) is 0 Å². The summed E-state index contributed by atoms with van der Waals surface area (Å²) in [5.74, 6) is -0.309. The summed E-state index contributed by atoms with van der Waals surface area (Å²) in [6, 6.07) is 8.64. The van der Waals surface area contributed by atoms with Crippen molar-refractivity contribution in [1.29, 1.82) is 0 Å². The number of nitrogens with zero attached hydrogens (tertiary/aromatic N) is 5. The lowest BCUT2D eigenvalue weighted by Crippen LogP contribution is -2.44. The number of H-pyrrole nitrogens is 1. The van der Waals surface area contributed by atoms with Gasteiger partial charge in [0, 0.05) is 56.7 Å². The zero-order valence-electron chi connectivity index (χ0n) is 30.3. The number of benzene rings is 2. The lowest BCUT2D eigenvalue weighted by atomic mass is 10.0. The number of nitro groups is 1. The fourth-order valence-corrected chi connectivity index (χ4v) is 6.69. The third-order valence-electron chi connectivity index (χ3n) is 9.79. The van der Waals surface area contributed by atoms with E-state index in [1.807, 2.05) is 6.08 Å². The summed E-state index contributed by atoms with van der Waals surface area (Å²) < 4.78 is 16.9. The summed E-state index contributed by atoms with van der Waals surface area (Å²) in [5, 5.41) is 24.3. The van der Waals surface area contributed by atoms with E-state index < -0.39 is 22.1 Å². The molecule has 3 aromatic rings. The molecule has 2 heterocycles. The molecule has 0 saturated carbocycles. The second kappa shape index (κ2) is 17.5. The van der Waals surface area contributed by atoms with E-state index in [1.54, 1.807) is 0 Å². The van der Waals surface area contributed by atoms with E-state index >= 15 is 0 Å². The summed E-state index contributed by atoms with van der Waals surface area (Å²) in [6.07, 6.45) is 14.7. The normalized spacial score (nSPS) is 19.1. The first-order chi connectivity index (χ1) is 25.7. The van der Waals surface area contributed by atoms with Crippen LogP contribution in [-0.2, 0) is 11.3 Å². The van der Waals surface area contributed by atoms with Crippen LogP contribution < -0.4 is 14.8 Å². The molecule has 2 atom stereocenters. The third-order valence-corrected chi connectivity index (χ3v) is 9.79. The number of piperazine rings is 1. The Balaban J connectivity index is 0.921. The van der Waals surface area contributed by atoms with Crippen LogP contribution in [0.5, 0.6) is 11.5 Å². The number of allylic oxidation sites excluding steroid dienone is 3. The number of nitro benzene ring substituents is 1. The zero-order valence-corrected chi connectivity index (χ0v) is 30.3. The van der Waals surface area contributed by atoms with Crippen molar-refractivity contribution in [1.82, 2.24) is 25.1 Å². The number of imidazole rings is 1. The topological polar surface area (TPSA) is 168 Å². The average molecular weight is 726 g/mol. The van der Waals surface area contributed by atoms with Gasteiger partial charge in [-0.3, -0.25) is 15.1 Å². The Morgan fingerprint density at radius 1 is 1.11 bits per heavy atom. The smallest absolute Gasteiger partial charge is 0.342 e. The minimum absolute atomic E-state index is 0.0223. The Labute approximate surface area is 308 Å². The number of rotatable bonds is 17. The number of carbonyl (C=O) groups is 1. The number of ether oxygens (including phenoxy) is 3. The Bertz CT molecular complexity index is 1940. The van der Waals surface area contributed by atoms with Gasteiger partial charge in [-0.05, 0) is 69.6 Å². The highest BCUT2D eigenvalue weighted by Crippen LogP contribution is 2.35. The van der Waals surface area contributed by atoms with Crippen molar-refractivity contribution in [2.24, 2.45) is 4.99 Å². The van der Waals surface area contributed by atoms with Crippen LogP contribution in [0.15, 0.2) is 77.1 Å². The van der Waals surface area contributed by atoms with Crippen LogP contribution in [0.25, 0.3) is 16.6 Å². The molecule has 0 spiro atoms. The lowest BCUT2D eigenvalue weighted by molar-refractivity contribution is -0.385. The molecular formula is C39H47N7O7. The van der Waals surface area contributed by atoms with Gasteiger partial charge in [-0.15, -0.1) is 0 Å². The first-order valence-corrected chi connectivity index (χ1v) is 18.0. The number of likely N-dealkylation sites (N-methyl/N-ethyl adjacent to an activating group) is 1. The standard InChI is InChI=1S/C39H47N7O7/c1-40-33-22-28(45-17-15-44(2)16-18-45)10-14-31(33)41-25-26-7-13-32-34(21-26)43-38(42-32)27-8-11-29(12-9-27)52-19-5-4-6-20-53-37-24-35(46(49)50)30(39(47)48)23-36(37)51-3/h7-11,13,21-24,29,31,41H,1,4-6,12,14-20,25H2,2-3H3,(H,42,43)(H,47,48). The Kier molecular flexibility index (Phi) is 12.3. The third kappa shape index (κ3) is 9.38. The lowest BCUT2D eigenvalue weighted by Gasteiger charge is -2.36. The highest BCUT2D eigenvalue weighted by Gasteiger charge is 2.25. The minimum atomic E-state index is -1.41. The van der Waals surface area contributed by atoms with Gasteiger partial charge >= 0.3 is 5.97 Å². The molecule has 1 aromatic heterocycles. The van der Waals surface area contributed by atoms with Gasteiger partial charge in [0.2, 0.25) is 0 Å². The van der Waals surface area contributed by atoms with Crippen LogP contribution in [0.4, 0.5) is 5.69 Å². The van der Waals surface area contributed by atoms with Crippen LogP contribution in [0, 0.1) is 10.1 Å². The summed E-state index contributed by atoms with van der Waals surface area (Å²) in [7, 11) is 3.52. The summed E-state index contributed by atoms with van der Waals surface area (Å²) in [4.78, 5) is 39.5. The highest BCUT2D eigenvalue weighted by molar-refractivity contribution is 5.93. The van der Waals surface area contributed by atoms with Gasteiger partial charge < -0.3 is 39.4 Å². The van der Waals surface area contributed by atoms with Gasteiger partial charge in [0.05, 0.1) is 53.6 Å². The number of hydrogen-bond donors (Lipinski definition) is 3. The Morgan fingerprint density at radius 3 is 2.64 bits per heavy atom. The van der Waals surface area contributed by atoms with Crippen LogP contribution >= 0.6 is 0 Å². The van der Waals surface area contributed by atoms with E-state index in [0.29, 0.717) is 26.2 Å². The van der Waals surface area contributed by atoms with E-state index in [4.69, 9.17) is 19.2 Å². The van der Waals surface area contributed by atoms with Gasteiger partial charge in [-0.2, -0.15) is 0 Å². The monoisotopic (exact) mass is 725 g/mol. The Hall–Kier alpha value is -5.31. The fraction of sp³-hybridized carbons (Fsp3) is 0.410. The largest absolute Gasteiger partial charge is 0.493 e. The number of aromatic amines is 1. The molecule has 2 aliphatic carbocycles. The van der Waals surface area contributed by atoms with Crippen molar-refractivity contribution in [2.75, 3.05) is 53.6 Å². The molecule has 1 aliphatic heterocycles. The molecule has 6 rings (SSSR count). The molecule has 0 bridgehead atoms. The van der Waals surface area contributed by atoms with Crippen molar-refractivity contribution >= 4 is 35.0 Å². The molecule has 0 amide bonds. The highest BCUT2D eigenvalue weighted by atomic mass is 16.6. The molecule has 0 radical (unpaired) electrons. The van der Waals surface area contributed by atoms with Crippen molar-refractivity contribution in [3.63, 3.8) is 0 Å². The fourth-order valence-electron chi connectivity index (χ4n) is 6.69. The summed E-state index contributed by atoms with van der Waals surface area (Å²) >= 11 is 0. The zero-order chi connectivity index (χ0) is 37.3. The van der Waals surface area contributed by atoms with E-state index in [0.717, 1.165) is 97.7 Å². The molecule has 2 unspecified atom stereocenters. The van der Waals surface area contributed by atoms with E-state index in [1.165, 1.54) is 12.8 Å². The first kappa shape index (κ1) is 37.4. The van der Waals surface area contributed by atoms with Crippen molar-refractivity contribution in [3.8, 4) is 11.5 Å². The van der Waals surface area contributed by atoms with Crippen molar-refractivity contribution in [3.05, 3.63) is 99.2 Å². The number of aromatic carboxylic acids is 1. The van der Waals surface area contributed by atoms with E-state index in [-0.39, 0.29) is 23.6 Å². The van der Waals surface area contributed by atoms with Crippen molar-refractivity contribution < 1.29 is 29.0 Å². The van der Waals surface area contributed by atoms with Crippen LogP contribution in [0.2, 0.25) is 0 Å². The second-order valence-corrected chi connectivity index (χ2v) is 13.4. The van der Waals surface area contributed by atoms with E-state index in [2.05, 4.69) is 81.4 Å². The van der Waals surface area contributed by atoms with Gasteiger partial charge in [-0.1, -0.05) is 30.4 Å².